The molecular formula is C10H16N2O. The minimum atomic E-state index is -0.726. The van der Waals surface area contributed by atoms with Crippen LogP contribution in [0.5, 0.6) is 0 Å². The van der Waals surface area contributed by atoms with Gasteiger partial charge in [-0.05, 0) is 32.9 Å². The molecule has 0 aliphatic rings. The van der Waals surface area contributed by atoms with Crippen LogP contribution in [0.3, 0.4) is 0 Å². The maximum atomic E-state index is 9.66. The second-order valence-electron chi connectivity index (χ2n) is 3.76. The zero-order valence-corrected chi connectivity index (χ0v) is 8.28. The zero-order chi connectivity index (χ0) is 9.90. The van der Waals surface area contributed by atoms with E-state index in [1.807, 2.05) is 19.1 Å². The van der Waals surface area contributed by atoms with E-state index < -0.39 is 5.60 Å². The van der Waals surface area contributed by atoms with E-state index in [0.29, 0.717) is 0 Å². The Balaban J connectivity index is 2.61. The first-order chi connectivity index (χ1) is 6.00. The number of anilines is 1. The van der Waals surface area contributed by atoms with Crippen molar-refractivity contribution in [2.45, 2.75) is 32.4 Å². The summed E-state index contributed by atoms with van der Waals surface area (Å²) in [5.41, 5.74) is 0.202. The van der Waals surface area contributed by atoms with Crippen LogP contribution in [-0.2, 0) is 0 Å². The van der Waals surface area contributed by atoms with Gasteiger partial charge in [-0.3, -0.25) is 4.98 Å². The fourth-order valence-corrected chi connectivity index (χ4v) is 0.875. The SMILES string of the molecule is CC(Nc1cccnc1)C(C)(C)O. The summed E-state index contributed by atoms with van der Waals surface area (Å²) in [6.45, 7) is 5.50. The van der Waals surface area contributed by atoms with E-state index >= 15 is 0 Å². The highest BCUT2D eigenvalue weighted by molar-refractivity contribution is 5.41. The Hall–Kier alpha value is -1.09. The Bertz CT molecular complexity index is 253. The lowest BCUT2D eigenvalue weighted by molar-refractivity contribution is 0.0649. The Kier molecular flexibility index (Phi) is 2.88. The summed E-state index contributed by atoms with van der Waals surface area (Å²) in [5.74, 6) is 0. The standard InChI is InChI=1S/C10H16N2O/c1-8(10(2,3)13)12-9-5-4-6-11-7-9/h4-8,12-13H,1-3H3. The first-order valence-electron chi connectivity index (χ1n) is 4.39. The molecule has 0 aliphatic heterocycles. The summed E-state index contributed by atoms with van der Waals surface area (Å²) < 4.78 is 0. The van der Waals surface area contributed by atoms with Crippen molar-refractivity contribution in [3.8, 4) is 0 Å². The predicted octanol–water partition coefficient (Wildman–Crippen LogP) is 1.65. The third-order valence-corrected chi connectivity index (χ3v) is 2.10. The second-order valence-corrected chi connectivity index (χ2v) is 3.76. The van der Waals surface area contributed by atoms with E-state index in [0.717, 1.165) is 5.69 Å². The molecule has 1 aromatic heterocycles. The number of nitrogens with one attached hydrogen (secondary N) is 1. The molecule has 2 N–H and O–H groups in total. The second kappa shape index (κ2) is 3.75. The number of hydrogen-bond acceptors (Lipinski definition) is 3. The molecule has 3 nitrogen and oxygen atoms in total. The molecule has 1 rings (SSSR count). The maximum Gasteiger partial charge on any atom is 0.0789 e. The van der Waals surface area contributed by atoms with E-state index in [2.05, 4.69) is 10.3 Å². The molecule has 0 spiro atoms. The third-order valence-electron chi connectivity index (χ3n) is 2.10. The molecule has 0 aromatic carbocycles. The first-order valence-corrected chi connectivity index (χ1v) is 4.39. The predicted molar refractivity (Wildman–Crippen MR) is 53.6 cm³/mol. The van der Waals surface area contributed by atoms with Crippen LogP contribution < -0.4 is 5.32 Å². The van der Waals surface area contributed by atoms with Crippen molar-refractivity contribution in [3.63, 3.8) is 0 Å². The molecule has 3 heteroatoms. The fourth-order valence-electron chi connectivity index (χ4n) is 0.875. The Morgan fingerprint density at radius 1 is 1.54 bits per heavy atom. The van der Waals surface area contributed by atoms with Crippen molar-refractivity contribution in [1.82, 2.24) is 4.98 Å². The molecule has 0 saturated heterocycles. The quantitative estimate of drug-likeness (QED) is 0.743. The van der Waals surface area contributed by atoms with Gasteiger partial charge in [0.2, 0.25) is 0 Å². The number of aliphatic hydroxyl groups is 1. The summed E-state index contributed by atoms with van der Waals surface area (Å²) in [4.78, 5) is 3.98. The summed E-state index contributed by atoms with van der Waals surface area (Å²) in [7, 11) is 0. The minimum absolute atomic E-state index is 0.00306. The van der Waals surface area contributed by atoms with Gasteiger partial charge in [0, 0.05) is 12.4 Å². The van der Waals surface area contributed by atoms with E-state index in [9.17, 15) is 5.11 Å². The number of hydrogen-bond donors (Lipinski definition) is 2. The lowest BCUT2D eigenvalue weighted by Gasteiger charge is -2.27. The topological polar surface area (TPSA) is 45.2 Å². The average molecular weight is 180 g/mol. The molecule has 1 atom stereocenters. The van der Waals surface area contributed by atoms with Crippen molar-refractivity contribution in [1.29, 1.82) is 0 Å². The van der Waals surface area contributed by atoms with Gasteiger partial charge in [-0.2, -0.15) is 0 Å². The zero-order valence-electron chi connectivity index (χ0n) is 8.28. The molecule has 1 aromatic rings. The van der Waals surface area contributed by atoms with Gasteiger partial charge < -0.3 is 10.4 Å². The number of aromatic nitrogens is 1. The molecule has 0 radical (unpaired) electrons. The van der Waals surface area contributed by atoms with Gasteiger partial charge in [-0.15, -0.1) is 0 Å². The van der Waals surface area contributed by atoms with Gasteiger partial charge in [0.1, 0.15) is 0 Å². The van der Waals surface area contributed by atoms with E-state index in [-0.39, 0.29) is 6.04 Å². The number of pyridine rings is 1. The summed E-state index contributed by atoms with van der Waals surface area (Å²) in [6, 6.07) is 3.78. The first kappa shape index (κ1) is 9.99. The molecule has 0 bridgehead atoms. The van der Waals surface area contributed by atoms with Crippen LogP contribution in [0.1, 0.15) is 20.8 Å². The lowest BCUT2D eigenvalue weighted by Crippen LogP contribution is -2.39. The van der Waals surface area contributed by atoms with Crippen LogP contribution in [0.15, 0.2) is 24.5 Å². The number of nitrogens with zero attached hydrogens (tertiary/aromatic N) is 1. The van der Waals surface area contributed by atoms with E-state index in [1.165, 1.54) is 0 Å². The van der Waals surface area contributed by atoms with E-state index in [4.69, 9.17) is 0 Å². The lowest BCUT2D eigenvalue weighted by atomic mass is 10.0. The Morgan fingerprint density at radius 3 is 2.69 bits per heavy atom. The highest BCUT2D eigenvalue weighted by Crippen LogP contribution is 2.13. The van der Waals surface area contributed by atoms with Gasteiger partial charge in [-0.1, -0.05) is 0 Å². The molecule has 0 aliphatic carbocycles. The van der Waals surface area contributed by atoms with Crippen molar-refractivity contribution >= 4 is 5.69 Å². The van der Waals surface area contributed by atoms with Gasteiger partial charge in [0.05, 0.1) is 17.3 Å². The van der Waals surface area contributed by atoms with Crippen LogP contribution in [0.2, 0.25) is 0 Å². The molecule has 1 heterocycles. The van der Waals surface area contributed by atoms with Gasteiger partial charge in [0.15, 0.2) is 0 Å². The third kappa shape index (κ3) is 3.03. The van der Waals surface area contributed by atoms with Crippen molar-refractivity contribution in [2.24, 2.45) is 0 Å². The molecular weight excluding hydrogens is 164 g/mol. The van der Waals surface area contributed by atoms with Crippen LogP contribution in [0.4, 0.5) is 5.69 Å². The minimum Gasteiger partial charge on any atom is -0.388 e. The maximum absolute atomic E-state index is 9.66. The van der Waals surface area contributed by atoms with Crippen LogP contribution in [0, 0.1) is 0 Å². The number of rotatable bonds is 3. The summed E-state index contributed by atoms with van der Waals surface area (Å²) in [5, 5.41) is 12.8. The largest absolute Gasteiger partial charge is 0.388 e. The normalized spacial score (nSPS) is 13.8. The Labute approximate surface area is 78.8 Å². The van der Waals surface area contributed by atoms with Crippen molar-refractivity contribution in [3.05, 3.63) is 24.5 Å². The molecule has 0 amide bonds. The smallest absolute Gasteiger partial charge is 0.0789 e. The molecule has 1 unspecified atom stereocenters. The molecule has 0 saturated carbocycles. The monoisotopic (exact) mass is 180 g/mol. The van der Waals surface area contributed by atoms with E-state index in [1.54, 1.807) is 26.2 Å². The Morgan fingerprint density at radius 2 is 2.23 bits per heavy atom. The van der Waals surface area contributed by atoms with Crippen LogP contribution in [-0.4, -0.2) is 21.7 Å². The molecule has 13 heavy (non-hydrogen) atoms. The highest BCUT2D eigenvalue weighted by Gasteiger charge is 2.21. The van der Waals surface area contributed by atoms with Gasteiger partial charge in [0.25, 0.3) is 0 Å². The summed E-state index contributed by atoms with van der Waals surface area (Å²) in [6.07, 6.45) is 3.46. The van der Waals surface area contributed by atoms with Crippen LogP contribution >= 0.6 is 0 Å². The highest BCUT2D eigenvalue weighted by atomic mass is 16.3. The van der Waals surface area contributed by atoms with Gasteiger partial charge in [-0.25, -0.2) is 0 Å². The molecule has 72 valence electrons. The fraction of sp³-hybridized carbons (Fsp3) is 0.500. The molecule has 0 fully saturated rings. The van der Waals surface area contributed by atoms with Crippen molar-refractivity contribution < 1.29 is 5.11 Å². The van der Waals surface area contributed by atoms with Crippen LogP contribution in [0.25, 0.3) is 0 Å². The average Bonchev–Trinajstić information content (AvgIpc) is 2.04. The summed E-state index contributed by atoms with van der Waals surface area (Å²) >= 11 is 0. The van der Waals surface area contributed by atoms with Gasteiger partial charge >= 0.3 is 0 Å². The van der Waals surface area contributed by atoms with Crippen molar-refractivity contribution in [2.75, 3.05) is 5.32 Å².